The SMILES string of the molecule is COc1ccccc1NC(=O)NC1CCCC1(C)C(=O)O. The zero-order valence-electron chi connectivity index (χ0n) is 12.2. The number of nitrogens with one attached hydrogen (secondary N) is 2. The van der Waals surface area contributed by atoms with Gasteiger partial charge in [-0.3, -0.25) is 4.79 Å². The van der Waals surface area contributed by atoms with Crippen molar-refractivity contribution < 1.29 is 19.4 Å². The van der Waals surface area contributed by atoms with Crippen molar-refractivity contribution in [3.63, 3.8) is 0 Å². The molecule has 1 aromatic rings. The fourth-order valence-electron chi connectivity index (χ4n) is 2.72. The number of amides is 2. The fourth-order valence-corrected chi connectivity index (χ4v) is 2.72. The molecule has 1 saturated carbocycles. The maximum atomic E-state index is 12.1. The molecule has 2 unspecified atom stereocenters. The lowest BCUT2D eigenvalue weighted by Gasteiger charge is -2.27. The Bertz CT molecular complexity index is 546. The van der Waals surface area contributed by atoms with Crippen LogP contribution >= 0.6 is 0 Å². The van der Waals surface area contributed by atoms with Crippen LogP contribution < -0.4 is 15.4 Å². The lowest BCUT2D eigenvalue weighted by Crippen LogP contribution is -2.48. The molecule has 2 rings (SSSR count). The van der Waals surface area contributed by atoms with Gasteiger partial charge in [0.25, 0.3) is 0 Å². The quantitative estimate of drug-likeness (QED) is 0.795. The van der Waals surface area contributed by atoms with Crippen LogP contribution in [0, 0.1) is 5.41 Å². The predicted molar refractivity (Wildman–Crippen MR) is 78.5 cm³/mol. The summed E-state index contributed by atoms with van der Waals surface area (Å²) in [6, 6.07) is 6.27. The first-order valence-electron chi connectivity index (χ1n) is 6.91. The Morgan fingerprint density at radius 2 is 2.10 bits per heavy atom. The number of carbonyl (C=O) groups is 2. The number of urea groups is 1. The van der Waals surface area contributed by atoms with Gasteiger partial charge in [0.2, 0.25) is 0 Å². The van der Waals surface area contributed by atoms with E-state index in [9.17, 15) is 14.7 Å². The lowest BCUT2D eigenvalue weighted by atomic mass is 9.85. The van der Waals surface area contributed by atoms with Gasteiger partial charge < -0.3 is 20.5 Å². The van der Waals surface area contributed by atoms with Gasteiger partial charge in [0.05, 0.1) is 18.2 Å². The third-order valence-electron chi connectivity index (χ3n) is 4.11. The molecule has 6 nitrogen and oxygen atoms in total. The number of carboxylic acids is 1. The molecular formula is C15H20N2O4. The van der Waals surface area contributed by atoms with Gasteiger partial charge in [-0.25, -0.2) is 4.79 Å². The minimum atomic E-state index is -0.905. The first kappa shape index (κ1) is 15.2. The summed E-state index contributed by atoms with van der Waals surface area (Å²) in [4.78, 5) is 23.5. The van der Waals surface area contributed by atoms with Crippen LogP contribution in [0.15, 0.2) is 24.3 Å². The number of anilines is 1. The minimum absolute atomic E-state index is 0.371. The van der Waals surface area contributed by atoms with E-state index in [4.69, 9.17) is 4.74 Å². The molecule has 3 N–H and O–H groups in total. The van der Waals surface area contributed by atoms with Gasteiger partial charge in [-0.05, 0) is 31.9 Å². The number of aliphatic carboxylic acids is 1. The van der Waals surface area contributed by atoms with Crippen molar-refractivity contribution in [1.29, 1.82) is 0 Å². The van der Waals surface area contributed by atoms with Crippen molar-refractivity contribution in [3.8, 4) is 5.75 Å². The molecule has 0 radical (unpaired) electrons. The summed E-state index contributed by atoms with van der Waals surface area (Å²) in [7, 11) is 1.52. The van der Waals surface area contributed by atoms with Crippen LogP contribution in [0.3, 0.4) is 0 Å². The van der Waals surface area contributed by atoms with Crippen LogP contribution in [0.2, 0.25) is 0 Å². The van der Waals surface area contributed by atoms with E-state index in [1.165, 1.54) is 7.11 Å². The average molecular weight is 292 g/mol. The van der Waals surface area contributed by atoms with Crippen LogP contribution in [-0.2, 0) is 4.79 Å². The smallest absolute Gasteiger partial charge is 0.319 e. The monoisotopic (exact) mass is 292 g/mol. The second-order valence-corrected chi connectivity index (χ2v) is 5.47. The molecule has 0 bridgehead atoms. The van der Waals surface area contributed by atoms with Crippen molar-refractivity contribution in [1.82, 2.24) is 5.32 Å². The summed E-state index contributed by atoms with van der Waals surface area (Å²) in [5, 5.41) is 14.8. The van der Waals surface area contributed by atoms with Crippen molar-refractivity contribution >= 4 is 17.7 Å². The number of rotatable bonds is 4. The molecule has 2 amide bonds. The third-order valence-corrected chi connectivity index (χ3v) is 4.11. The number of benzene rings is 1. The highest BCUT2D eigenvalue weighted by atomic mass is 16.5. The van der Waals surface area contributed by atoms with Gasteiger partial charge in [-0.1, -0.05) is 18.6 Å². The molecule has 0 spiro atoms. The van der Waals surface area contributed by atoms with E-state index in [1.54, 1.807) is 31.2 Å². The largest absolute Gasteiger partial charge is 0.495 e. The summed E-state index contributed by atoms with van der Waals surface area (Å²) >= 11 is 0. The third kappa shape index (κ3) is 3.09. The van der Waals surface area contributed by atoms with E-state index in [2.05, 4.69) is 10.6 Å². The van der Waals surface area contributed by atoms with E-state index in [1.807, 2.05) is 0 Å². The molecule has 1 aliphatic carbocycles. The average Bonchev–Trinajstić information content (AvgIpc) is 2.82. The van der Waals surface area contributed by atoms with Crippen LogP contribution in [-0.4, -0.2) is 30.3 Å². The maximum absolute atomic E-state index is 12.1. The maximum Gasteiger partial charge on any atom is 0.319 e. The number of para-hydroxylation sites is 2. The molecule has 1 aromatic carbocycles. The normalized spacial score (nSPS) is 24.4. The molecule has 1 fully saturated rings. The minimum Gasteiger partial charge on any atom is -0.495 e. The second kappa shape index (κ2) is 6.03. The van der Waals surface area contributed by atoms with Gasteiger partial charge in [0, 0.05) is 6.04 Å². The zero-order chi connectivity index (χ0) is 15.5. The Hall–Kier alpha value is -2.24. The molecule has 1 aliphatic rings. The molecule has 0 heterocycles. The Kier molecular flexibility index (Phi) is 4.35. The van der Waals surface area contributed by atoms with E-state index in [-0.39, 0.29) is 6.04 Å². The van der Waals surface area contributed by atoms with Gasteiger partial charge in [-0.2, -0.15) is 0 Å². The molecule has 0 aliphatic heterocycles. The molecule has 114 valence electrons. The lowest BCUT2D eigenvalue weighted by molar-refractivity contribution is -0.148. The number of carboxylic acid groups (broad SMARTS) is 1. The summed E-state index contributed by atoms with van der Waals surface area (Å²) < 4.78 is 5.16. The summed E-state index contributed by atoms with van der Waals surface area (Å²) in [5.41, 5.74) is -0.356. The van der Waals surface area contributed by atoms with Gasteiger partial charge in [-0.15, -0.1) is 0 Å². The summed E-state index contributed by atoms with van der Waals surface area (Å²) in [6.07, 6.45) is 2.03. The van der Waals surface area contributed by atoms with Crippen molar-refractivity contribution in [2.24, 2.45) is 5.41 Å². The first-order chi connectivity index (χ1) is 9.97. The Labute approximate surface area is 123 Å². The summed E-state index contributed by atoms with van der Waals surface area (Å²) in [6.45, 7) is 1.68. The van der Waals surface area contributed by atoms with E-state index in [0.29, 0.717) is 24.3 Å². The van der Waals surface area contributed by atoms with Gasteiger partial charge in [0.1, 0.15) is 5.75 Å². The first-order valence-corrected chi connectivity index (χ1v) is 6.91. The molecule has 0 aromatic heterocycles. The zero-order valence-corrected chi connectivity index (χ0v) is 12.2. The number of carbonyl (C=O) groups excluding carboxylic acids is 1. The van der Waals surface area contributed by atoms with Crippen LogP contribution in [0.25, 0.3) is 0 Å². The fraction of sp³-hybridized carbons (Fsp3) is 0.467. The Morgan fingerprint density at radius 3 is 2.76 bits per heavy atom. The number of hydrogen-bond donors (Lipinski definition) is 3. The number of methoxy groups -OCH3 is 1. The van der Waals surface area contributed by atoms with Gasteiger partial charge in [0.15, 0.2) is 0 Å². The van der Waals surface area contributed by atoms with Crippen molar-refractivity contribution in [2.75, 3.05) is 12.4 Å². The highest BCUT2D eigenvalue weighted by Crippen LogP contribution is 2.38. The molecule has 0 saturated heterocycles. The standard InChI is InChI=1S/C15H20N2O4/c1-15(13(18)19)9-5-8-12(15)17-14(20)16-10-6-3-4-7-11(10)21-2/h3-4,6-7,12H,5,8-9H2,1-2H3,(H,18,19)(H2,16,17,20). The summed E-state index contributed by atoms with van der Waals surface area (Å²) in [5.74, 6) is -0.317. The Balaban J connectivity index is 2.03. The topological polar surface area (TPSA) is 87.7 Å². The Morgan fingerprint density at radius 1 is 1.38 bits per heavy atom. The predicted octanol–water partition coefficient (Wildman–Crippen LogP) is 2.46. The molecule has 21 heavy (non-hydrogen) atoms. The van der Waals surface area contributed by atoms with E-state index in [0.717, 1.165) is 6.42 Å². The van der Waals surface area contributed by atoms with Crippen LogP contribution in [0.1, 0.15) is 26.2 Å². The highest BCUT2D eigenvalue weighted by Gasteiger charge is 2.45. The van der Waals surface area contributed by atoms with Gasteiger partial charge >= 0.3 is 12.0 Å². The number of hydrogen-bond acceptors (Lipinski definition) is 3. The van der Waals surface area contributed by atoms with Crippen molar-refractivity contribution in [2.45, 2.75) is 32.2 Å². The van der Waals surface area contributed by atoms with Crippen LogP contribution in [0.5, 0.6) is 5.75 Å². The van der Waals surface area contributed by atoms with Crippen LogP contribution in [0.4, 0.5) is 10.5 Å². The van der Waals surface area contributed by atoms with E-state index < -0.39 is 17.4 Å². The second-order valence-electron chi connectivity index (χ2n) is 5.47. The van der Waals surface area contributed by atoms with Crippen molar-refractivity contribution in [3.05, 3.63) is 24.3 Å². The van der Waals surface area contributed by atoms with E-state index >= 15 is 0 Å². The molecule has 2 atom stereocenters. The highest BCUT2D eigenvalue weighted by molar-refractivity contribution is 5.91. The molecular weight excluding hydrogens is 272 g/mol. The number of ether oxygens (including phenoxy) is 1. The molecule has 6 heteroatoms.